The third-order valence-electron chi connectivity index (χ3n) is 3.49. The molecule has 0 amide bonds. The second kappa shape index (κ2) is 5.78. The molecule has 1 unspecified atom stereocenters. The van der Waals surface area contributed by atoms with Crippen molar-refractivity contribution in [1.29, 1.82) is 5.26 Å². The van der Waals surface area contributed by atoms with Crippen molar-refractivity contribution in [2.75, 3.05) is 31.6 Å². The van der Waals surface area contributed by atoms with Gasteiger partial charge in [-0.2, -0.15) is 5.26 Å². The first-order valence-corrected chi connectivity index (χ1v) is 6.43. The van der Waals surface area contributed by atoms with Gasteiger partial charge in [0.15, 0.2) is 0 Å². The van der Waals surface area contributed by atoms with Crippen molar-refractivity contribution in [2.45, 2.75) is 25.8 Å². The predicted octanol–water partition coefficient (Wildman–Crippen LogP) is 1.27. The summed E-state index contributed by atoms with van der Waals surface area (Å²) in [7, 11) is 1.99. The molecular weight excluding hydrogens is 226 g/mol. The van der Waals surface area contributed by atoms with Gasteiger partial charge in [0.2, 0.25) is 5.95 Å². The number of nitriles is 1. The van der Waals surface area contributed by atoms with E-state index in [1.165, 1.54) is 19.4 Å². The molecule has 1 atom stereocenters. The number of likely N-dealkylation sites (tertiary alicyclic amines) is 1. The highest BCUT2D eigenvalue weighted by molar-refractivity contribution is 5.32. The van der Waals surface area contributed by atoms with Crippen LogP contribution in [0.4, 0.5) is 5.95 Å². The Morgan fingerprint density at radius 2 is 2.44 bits per heavy atom. The standard InChI is InChI=1S/C13H19N5/c1-3-18-8-4-5-12(18)10-17(2)13-15-7-6-11(9-14)16-13/h6-7,12H,3-5,8,10H2,1-2H3. The maximum atomic E-state index is 8.84. The van der Waals surface area contributed by atoms with E-state index in [-0.39, 0.29) is 0 Å². The number of likely N-dealkylation sites (N-methyl/N-ethyl adjacent to an activating group) is 2. The second-order valence-electron chi connectivity index (χ2n) is 4.66. The highest BCUT2D eigenvalue weighted by Crippen LogP contribution is 2.18. The monoisotopic (exact) mass is 245 g/mol. The van der Waals surface area contributed by atoms with Gasteiger partial charge in [-0.05, 0) is 32.0 Å². The van der Waals surface area contributed by atoms with Crippen LogP contribution in [0.5, 0.6) is 0 Å². The molecule has 1 aromatic heterocycles. The Balaban J connectivity index is 2.03. The first-order chi connectivity index (χ1) is 8.74. The van der Waals surface area contributed by atoms with Crippen LogP contribution in [0, 0.1) is 11.3 Å². The van der Waals surface area contributed by atoms with Crippen LogP contribution in [0.2, 0.25) is 0 Å². The maximum absolute atomic E-state index is 8.84. The minimum Gasteiger partial charge on any atom is -0.342 e. The number of hydrogen-bond donors (Lipinski definition) is 0. The Bertz CT molecular complexity index is 439. The van der Waals surface area contributed by atoms with E-state index in [2.05, 4.69) is 21.8 Å². The fourth-order valence-corrected chi connectivity index (χ4v) is 2.51. The molecule has 5 nitrogen and oxygen atoms in total. The number of anilines is 1. The topological polar surface area (TPSA) is 56.0 Å². The molecule has 5 heteroatoms. The smallest absolute Gasteiger partial charge is 0.226 e. The van der Waals surface area contributed by atoms with Gasteiger partial charge in [0.1, 0.15) is 11.8 Å². The van der Waals surface area contributed by atoms with E-state index in [1.54, 1.807) is 12.3 Å². The Morgan fingerprint density at radius 3 is 3.17 bits per heavy atom. The van der Waals surface area contributed by atoms with Crippen LogP contribution in [0.1, 0.15) is 25.5 Å². The zero-order chi connectivity index (χ0) is 13.0. The highest BCUT2D eigenvalue weighted by Gasteiger charge is 2.24. The summed E-state index contributed by atoms with van der Waals surface area (Å²) >= 11 is 0. The van der Waals surface area contributed by atoms with Crippen molar-refractivity contribution in [2.24, 2.45) is 0 Å². The molecule has 0 N–H and O–H groups in total. The van der Waals surface area contributed by atoms with Crippen molar-refractivity contribution in [3.8, 4) is 6.07 Å². The average Bonchev–Trinajstić information content (AvgIpc) is 2.86. The molecule has 1 fully saturated rings. The van der Waals surface area contributed by atoms with Gasteiger partial charge >= 0.3 is 0 Å². The molecule has 0 aromatic carbocycles. The van der Waals surface area contributed by atoms with E-state index < -0.39 is 0 Å². The van der Waals surface area contributed by atoms with Crippen LogP contribution in [-0.4, -0.2) is 47.6 Å². The number of nitrogens with zero attached hydrogens (tertiary/aromatic N) is 5. The maximum Gasteiger partial charge on any atom is 0.226 e. The van der Waals surface area contributed by atoms with Crippen LogP contribution in [0.25, 0.3) is 0 Å². The Labute approximate surface area is 108 Å². The van der Waals surface area contributed by atoms with Gasteiger partial charge in [-0.1, -0.05) is 6.92 Å². The van der Waals surface area contributed by atoms with Gasteiger partial charge in [0.05, 0.1) is 0 Å². The van der Waals surface area contributed by atoms with Gasteiger partial charge in [-0.25, -0.2) is 9.97 Å². The van der Waals surface area contributed by atoms with Crippen molar-refractivity contribution < 1.29 is 0 Å². The molecule has 96 valence electrons. The van der Waals surface area contributed by atoms with E-state index in [9.17, 15) is 0 Å². The molecule has 0 bridgehead atoms. The largest absolute Gasteiger partial charge is 0.342 e. The van der Waals surface area contributed by atoms with Crippen molar-refractivity contribution in [3.63, 3.8) is 0 Å². The molecule has 0 spiro atoms. The summed E-state index contributed by atoms with van der Waals surface area (Å²) in [6.07, 6.45) is 4.14. The first-order valence-electron chi connectivity index (χ1n) is 6.43. The van der Waals surface area contributed by atoms with Crippen molar-refractivity contribution in [3.05, 3.63) is 18.0 Å². The molecule has 0 aliphatic carbocycles. The molecule has 2 rings (SSSR count). The summed E-state index contributed by atoms with van der Waals surface area (Å²) in [5.41, 5.74) is 0.422. The third kappa shape index (κ3) is 2.77. The second-order valence-corrected chi connectivity index (χ2v) is 4.66. The zero-order valence-corrected chi connectivity index (χ0v) is 11.0. The third-order valence-corrected chi connectivity index (χ3v) is 3.49. The fourth-order valence-electron chi connectivity index (χ4n) is 2.51. The molecule has 1 saturated heterocycles. The first kappa shape index (κ1) is 12.8. The minimum absolute atomic E-state index is 0.422. The van der Waals surface area contributed by atoms with Gasteiger partial charge in [0.25, 0.3) is 0 Å². The van der Waals surface area contributed by atoms with E-state index >= 15 is 0 Å². The molecule has 1 aromatic rings. The summed E-state index contributed by atoms with van der Waals surface area (Å²) in [4.78, 5) is 13.0. The summed E-state index contributed by atoms with van der Waals surface area (Å²) in [5, 5.41) is 8.84. The fraction of sp³-hybridized carbons (Fsp3) is 0.615. The van der Waals surface area contributed by atoms with Gasteiger partial charge in [-0.3, -0.25) is 4.90 Å². The Hall–Kier alpha value is -1.67. The van der Waals surface area contributed by atoms with E-state index in [4.69, 9.17) is 5.26 Å². The van der Waals surface area contributed by atoms with Crippen molar-refractivity contribution >= 4 is 5.95 Å². The molecule has 2 heterocycles. The SMILES string of the molecule is CCN1CCCC1CN(C)c1nccc(C#N)n1. The summed E-state index contributed by atoms with van der Waals surface area (Å²) in [6, 6.07) is 4.26. The Morgan fingerprint density at radius 1 is 1.61 bits per heavy atom. The number of rotatable bonds is 4. The van der Waals surface area contributed by atoms with Crippen LogP contribution in [-0.2, 0) is 0 Å². The number of hydrogen-bond acceptors (Lipinski definition) is 5. The molecule has 18 heavy (non-hydrogen) atoms. The summed E-state index contributed by atoms with van der Waals surface area (Å²) in [6.45, 7) is 5.40. The zero-order valence-electron chi connectivity index (χ0n) is 11.0. The molecular formula is C13H19N5. The normalized spacial score (nSPS) is 19.7. The Kier molecular flexibility index (Phi) is 4.11. The van der Waals surface area contributed by atoms with Crippen LogP contribution in [0.3, 0.4) is 0 Å². The average molecular weight is 245 g/mol. The molecule has 1 aliphatic rings. The molecule has 1 aliphatic heterocycles. The van der Waals surface area contributed by atoms with Gasteiger partial charge in [-0.15, -0.1) is 0 Å². The quantitative estimate of drug-likeness (QED) is 0.799. The van der Waals surface area contributed by atoms with E-state index in [0.29, 0.717) is 17.7 Å². The highest BCUT2D eigenvalue weighted by atomic mass is 15.3. The van der Waals surface area contributed by atoms with Crippen LogP contribution >= 0.6 is 0 Å². The van der Waals surface area contributed by atoms with E-state index in [0.717, 1.165) is 13.1 Å². The van der Waals surface area contributed by atoms with Gasteiger partial charge < -0.3 is 4.90 Å². The lowest BCUT2D eigenvalue weighted by molar-refractivity contribution is 0.270. The summed E-state index contributed by atoms with van der Waals surface area (Å²) < 4.78 is 0. The lowest BCUT2D eigenvalue weighted by atomic mass is 10.2. The number of aromatic nitrogens is 2. The predicted molar refractivity (Wildman–Crippen MR) is 70.3 cm³/mol. The lowest BCUT2D eigenvalue weighted by Crippen LogP contribution is -2.39. The van der Waals surface area contributed by atoms with Crippen LogP contribution < -0.4 is 4.90 Å². The minimum atomic E-state index is 0.422. The van der Waals surface area contributed by atoms with Crippen LogP contribution in [0.15, 0.2) is 12.3 Å². The lowest BCUT2D eigenvalue weighted by Gasteiger charge is -2.27. The molecule has 0 radical (unpaired) electrons. The van der Waals surface area contributed by atoms with Crippen molar-refractivity contribution in [1.82, 2.24) is 14.9 Å². The molecule has 0 saturated carbocycles. The summed E-state index contributed by atoms with van der Waals surface area (Å²) in [5.74, 6) is 0.636. The van der Waals surface area contributed by atoms with Gasteiger partial charge in [0, 0.05) is 25.8 Å². The van der Waals surface area contributed by atoms with E-state index in [1.807, 2.05) is 18.0 Å².